The first-order chi connectivity index (χ1) is 18.5. The Morgan fingerprint density at radius 2 is 2.22 bits per heavy atom. The fraction of sp³-hybridized carbons (Fsp3) is 0.333. The number of benzene rings is 1. The summed E-state index contributed by atoms with van der Waals surface area (Å²) in [6.45, 7) is -0.0164. The molecule has 32 heavy (non-hydrogen) atoms. The molecule has 3 aromatic rings. The van der Waals surface area contributed by atoms with E-state index < -0.39 is 60.8 Å². The molecule has 2 aromatic heterocycles. The maximum Gasteiger partial charge on any atom is 0.173 e. The van der Waals surface area contributed by atoms with Crippen LogP contribution in [0.5, 0.6) is 5.75 Å². The zero-order chi connectivity index (χ0) is 29.7. The van der Waals surface area contributed by atoms with Crippen molar-refractivity contribution in [2.45, 2.75) is 43.0 Å². The fourth-order valence-corrected chi connectivity index (χ4v) is 3.76. The van der Waals surface area contributed by atoms with Gasteiger partial charge in [0.15, 0.2) is 16.7 Å². The Labute approximate surface area is 201 Å². The maximum absolute atomic E-state index is 14.6. The van der Waals surface area contributed by atoms with Gasteiger partial charge in [-0.3, -0.25) is 9.55 Å². The SMILES string of the molecule is [2H]C1([2H])C([2H])([2H])C([2H])(Sc2ncc(COc3cc(F)c(C#CCO)cc3F)n2-c2cccnc2)C([2H])([2H])C1([2H])C. The molecular formula is C24H23F2N3O2S. The second kappa shape index (κ2) is 10.2. The highest BCUT2D eigenvalue weighted by Gasteiger charge is 2.25. The van der Waals surface area contributed by atoms with Crippen molar-refractivity contribution in [1.82, 2.24) is 14.5 Å². The van der Waals surface area contributed by atoms with Crippen molar-refractivity contribution < 1.29 is 29.6 Å². The number of hydrogen-bond donors (Lipinski definition) is 1. The van der Waals surface area contributed by atoms with Crippen molar-refractivity contribution in [3.63, 3.8) is 0 Å². The number of ether oxygens (including phenoxy) is 1. The Bertz CT molecular complexity index is 1470. The average molecular weight is 464 g/mol. The lowest BCUT2D eigenvalue weighted by atomic mass is 10.1. The maximum atomic E-state index is 14.6. The Morgan fingerprint density at radius 1 is 1.34 bits per heavy atom. The molecule has 0 saturated heterocycles. The van der Waals surface area contributed by atoms with Crippen LogP contribution in [0.1, 0.15) is 48.3 Å². The second-order valence-corrected chi connectivity index (χ2v) is 7.50. The number of aliphatic hydroxyl groups is 1. The van der Waals surface area contributed by atoms with E-state index in [2.05, 4.69) is 21.8 Å². The first-order valence-electron chi connectivity index (χ1n) is 13.4. The van der Waals surface area contributed by atoms with E-state index in [4.69, 9.17) is 20.8 Å². The Balaban J connectivity index is 1.75. The van der Waals surface area contributed by atoms with Gasteiger partial charge in [0, 0.05) is 28.5 Å². The number of imidazole rings is 1. The molecule has 1 fully saturated rings. The number of hydrogen-bond acceptors (Lipinski definition) is 5. The molecule has 0 amide bonds. The van der Waals surface area contributed by atoms with Crippen molar-refractivity contribution in [2.24, 2.45) is 5.89 Å². The van der Waals surface area contributed by atoms with Crippen LogP contribution >= 0.6 is 11.8 Å². The minimum Gasteiger partial charge on any atom is -0.484 e. The standard InChI is InChI=1S/C24H23F2N3O2S/c1-16-6-7-20(10-16)32-24-28-14-19(29(24)18-5-2-8-27-13-18)15-31-23-12-21(25)17(4-3-9-30)11-22(23)26/h2,5,8,11-14,16,20,30H,6-7,9-10,15H2,1H3/i6D2,7D2,10D2,16D,20D. The van der Waals surface area contributed by atoms with E-state index >= 15 is 0 Å². The normalized spacial score (nSPS) is 30.8. The van der Waals surface area contributed by atoms with Gasteiger partial charge in [-0.15, -0.1) is 0 Å². The third kappa shape index (κ3) is 5.12. The molecule has 1 saturated carbocycles. The summed E-state index contributed by atoms with van der Waals surface area (Å²) < 4.78 is 103. The third-order valence-corrected chi connectivity index (χ3v) is 5.14. The zero-order valence-electron chi connectivity index (χ0n) is 24.8. The molecule has 2 atom stereocenters. The first kappa shape index (κ1) is 14.3. The zero-order valence-corrected chi connectivity index (χ0v) is 17.6. The Morgan fingerprint density at radius 3 is 2.94 bits per heavy atom. The van der Waals surface area contributed by atoms with Crippen molar-refractivity contribution in [3.8, 4) is 23.3 Å². The van der Waals surface area contributed by atoms with Crippen LogP contribution in [0.25, 0.3) is 5.69 Å². The molecule has 1 aliphatic carbocycles. The van der Waals surface area contributed by atoms with Crippen LogP contribution in [-0.4, -0.2) is 31.5 Å². The number of thioether (sulfide) groups is 1. The molecule has 0 radical (unpaired) electrons. The van der Waals surface area contributed by atoms with Crippen LogP contribution in [0.2, 0.25) is 0 Å². The van der Waals surface area contributed by atoms with Crippen molar-refractivity contribution in [1.29, 1.82) is 0 Å². The van der Waals surface area contributed by atoms with E-state index in [-0.39, 0.29) is 16.4 Å². The summed E-state index contributed by atoms with van der Waals surface area (Å²) in [5.74, 6) is -0.395. The summed E-state index contributed by atoms with van der Waals surface area (Å²) in [4.78, 5) is 8.23. The van der Waals surface area contributed by atoms with Gasteiger partial charge in [-0.05, 0) is 43.2 Å². The highest BCUT2D eigenvalue weighted by atomic mass is 32.2. The molecule has 5 nitrogen and oxygen atoms in total. The van der Waals surface area contributed by atoms with Gasteiger partial charge in [0.1, 0.15) is 19.0 Å². The summed E-state index contributed by atoms with van der Waals surface area (Å²) in [6, 6.07) is 4.75. The average Bonchev–Trinajstić information content (AvgIpc) is 3.31. The van der Waals surface area contributed by atoms with Crippen LogP contribution < -0.4 is 4.74 Å². The summed E-state index contributed by atoms with van der Waals surface area (Å²) in [6.07, 6.45) is -5.07. The summed E-state index contributed by atoms with van der Waals surface area (Å²) in [5.41, 5.74) is 0.264. The topological polar surface area (TPSA) is 60.2 Å². The third-order valence-electron chi connectivity index (χ3n) is 4.26. The quantitative estimate of drug-likeness (QED) is 0.535. The number of pyridine rings is 1. The van der Waals surface area contributed by atoms with Crippen LogP contribution in [0.3, 0.4) is 0 Å². The molecule has 1 aromatic carbocycles. The number of halogens is 2. The van der Waals surface area contributed by atoms with E-state index in [0.29, 0.717) is 17.4 Å². The number of rotatable bonds is 6. The number of aliphatic hydroxyl groups excluding tert-OH is 1. The van der Waals surface area contributed by atoms with Gasteiger partial charge in [-0.25, -0.2) is 13.8 Å². The predicted molar refractivity (Wildman–Crippen MR) is 119 cm³/mol. The van der Waals surface area contributed by atoms with E-state index in [1.165, 1.54) is 23.2 Å². The van der Waals surface area contributed by atoms with Gasteiger partial charge < -0.3 is 9.84 Å². The molecule has 8 heteroatoms. The molecule has 2 unspecified atom stereocenters. The minimum absolute atomic E-state index is 0.135. The molecule has 166 valence electrons. The first-order valence-corrected chi connectivity index (χ1v) is 10.2. The van der Waals surface area contributed by atoms with Crippen LogP contribution in [0.4, 0.5) is 8.78 Å². The molecule has 1 N–H and O–H groups in total. The van der Waals surface area contributed by atoms with Gasteiger partial charge in [0.25, 0.3) is 0 Å². The highest BCUT2D eigenvalue weighted by Crippen LogP contribution is 2.38. The lowest BCUT2D eigenvalue weighted by Crippen LogP contribution is -2.08. The van der Waals surface area contributed by atoms with Crippen molar-refractivity contribution in [2.75, 3.05) is 6.61 Å². The van der Waals surface area contributed by atoms with Crippen molar-refractivity contribution in [3.05, 3.63) is 65.7 Å². The minimum atomic E-state index is -3.14. The lowest BCUT2D eigenvalue weighted by Gasteiger charge is -2.15. The molecule has 1 aliphatic rings. The van der Waals surface area contributed by atoms with Gasteiger partial charge in [0.05, 0.1) is 29.3 Å². The van der Waals surface area contributed by atoms with Crippen molar-refractivity contribution >= 4 is 11.8 Å². The summed E-state index contributed by atoms with van der Waals surface area (Å²) >= 11 is 0.307. The Kier molecular flexibility index (Phi) is 4.54. The van der Waals surface area contributed by atoms with Gasteiger partial charge in [-0.1, -0.05) is 30.5 Å². The smallest absolute Gasteiger partial charge is 0.173 e. The molecule has 0 bridgehead atoms. The summed E-state index contributed by atoms with van der Waals surface area (Å²) in [7, 11) is 0. The molecular weight excluding hydrogens is 432 g/mol. The van der Waals surface area contributed by atoms with Gasteiger partial charge >= 0.3 is 0 Å². The monoisotopic (exact) mass is 463 g/mol. The predicted octanol–water partition coefficient (Wildman–Crippen LogP) is 4.75. The second-order valence-electron chi connectivity index (χ2n) is 6.52. The van der Waals surface area contributed by atoms with E-state index in [1.807, 2.05) is 0 Å². The number of aromatic nitrogens is 3. The van der Waals surface area contributed by atoms with Crippen LogP contribution in [0.15, 0.2) is 48.0 Å². The van der Waals surface area contributed by atoms with E-state index in [0.717, 1.165) is 19.1 Å². The van der Waals surface area contributed by atoms with Gasteiger partial charge in [-0.2, -0.15) is 0 Å². The van der Waals surface area contributed by atoms with E-state index in [1.54, 1.807) is 12.1 Å². The van der Waals surface area contributed by atoms with Crippen LogP contribution in [0, 0.1) is 29.4 Å². The Hall–Kier alpha value is -2.89. The highest BCUT2D eigenvalue weighted by molar-refractivity contribution is 7.99. The number of nitrogens with zero attached hydrogens (tertiary/aromatic N) is 3. The molecule has 0 aliphatic heterocycles. The van der Waals surface area contributed by atoms with E-state index in [9.17, 15) is 8.78 Å². The largest absolute Gasteiger partial charge is 0.484 e. The lowest BCUT2D eigenvalue weighted by molar-refractivity contribution is 0.281. The molecule has 0 spiro atoms. The molecule has 4 rings (SSSR count). The van der Waals surface area contributed by atoms with Crippen LogP contribution in [-0.2, 0) is 6.61 Å². The summed E-state index contributed by atoms with van der Waals surface area (Å²) in [5, 5.41) is 5.77. The van der Waals surface area contributed by atoms with Gasteiger partial charge in [0.2, 0.25) is 0 Å². The molecule has 2 heterocycles. The fourth-order valence-electron chi connectivity index (χ4n) is 2.85.